The molecule has 1 amide bonds. The highest BCUT2D eigenvalue weighted by molar-refractivity contribution is 7.87. The molecule has 0 saturated heterocycles. The number of benzene rings is 2. The summed E-state index contributed by atoms with van der Waals surface area (Å²) in [6, 6.07) is 6.09. The molecule has 2 rings (SSSR count). The molecule has 0 aromatic heterocycles. The van der Waals surface area contributed by atoms with Crippen LogP contribution in [0.3, 0.4) is 0 Å². The summed E-state index contributed by atoms with van der Waals surface area (Å²) in [6.45, 7) is 0. The fraction of sp³-hybridized carbons (Fsp3) is 0.0714. The molecule has 0 aliphatic heterocycles. The molecule has 0 heterocycles. The van der Waals surface area contributed by atoms with E-state index in [9.17, 15) is 30.8 Å². The van der Waals surface area contributed by atoms with E-state index in [0.717, 1.165) is 6.07 Å². The third kappa shape index (κ3) is 3.65. The van der Waals surface area contributed by atoms with Crippen LogP contribution in [-0.4, -0.2) is 14.3 Å². The summed E-state index contributed by atoms with van der Waals surface area (Å²) in [5, 5.41) is 0. The van der Waals surface area contributed by atoms with Crippen molar-refractivity contribution in [3.05, 3.63) is 59.4 Å². The highest BCUT2D eigenvalue weighted by Crippen LogP contribution is 2.33. The third-order valence-corrected chi connectivity index (χ3v) is 4.11. The van der Waals surface area contributed by atoms with Gasteiger partial charge in [-0.1, -0.05) is 12.1 Å². The van der Waals surface area contributed by atoms with Crippen LogP contribution in [-0.2, 0) is 16.3 Å². The molecule has 0 radical (unpaired) electrons. The minimum absolute atomic E-state index is 0.109. The van der Waals surface area contributed by atoms with Gasteiger partial charge in [-0.2, -0.15) is 21.6 Å². The molecule has 0 bridgehead atoms. The van der Waals surface area contributed by atoms with Gasteiger partial charge in [-0.05, 0) is 30.3 Å². The number of halogens is 4. The lowest BCUT2D eigenvalue weighted by Crippen LogP contribution is -2.17. The van der Waals surface area contributed by atoms with Gasteiger partial charge in [-0.15, -0.1) is 0 Å². The molecule has 0 fully saturated rings. The second kappa shape index (κ2) is 6.11. The van der Waals surface area contributed by atoms with Crippen molar-refractivity contribution in [3.8, 4) is 5.75 Å². The zero-order valence-corrected chi connectivity index (χ0v) is 12.5. The SMILES string of the molecule is NC(=O)c1ccccc1OS(=O)(=O)c1ccc(F)c(C(F)(F)F)c1. The molecule has 0 unspecified atom stereocenters. The van der Waals surface area contributed by atoms with E-state index in [1.807, 2.05) is 0 Å². The largest absolute Gasteiger partial charge is 0.419 e. The zero-order chi connectivity index (χ0) is 18.1. The minimum Gasteiger partial charge on any atom is -0.378 e. The van der Waals surface area contributed by atoms with Gasteiger partial charge in [0.15, 0.2) is 5.75 Å². The van der Waals surface area contributed by atoms with Crippen LogP contribution in [0.25, 0.3) is 0 Å². The molecule has 5 nitrogen and oxygen atoms in total. The molecular formula is C14H9F4NO4S. The number of hydrogen-bond acceptors (Lipinski definition) is 4. The van der Waals surface area contributed by atoms with Crippen LogP contribution in [0.15, 0.2) is 47.4 Å². The van der Waals surface area contributed by atoms with E-state index in [1.54, 1.807) is 0 Å². The van der Waals surface area contributed by atoms with Gasteiger partial charge in [-0.25, -0.2) is 4.39 Å². The van der Waals surface area contributed by atoms with Crippen molar-refractivity contribution in [2.24, 2.45) is 5.73 Å². The Bertz CT molecular complexity index is 894. The summed E-state index contributed by atoms with van der Waals surface area (Å²) >= 11 is 0. The van der Waals surface area contributed by atoms with Gasteiger partial charge in [0.25, 0.3) is 5.91 Å². The van der Waals surface area contributed by atoms with Crippen LogP contribution in [0, 0.1) is 5.82 Å². The second-order valence-electron chi connectivity index (χ2n) is 4.54. The van der Waals surface area contributed by atoms with Gasteiger partial charge in [-0.3, -0.25) is 4.79 Å². The van der Waals surface area contributed by atoms with E-state index in [-0.39, 0.29) is 11.6 Å². The number of carbonyl (C=O) groups excluding carboxylic acids is 1. The predicted octanol–water partition coefficient (Wildman–Crippen LogP) is 2.71. The van der Waals surface area contributed by atoms with Gasteiger partial charge >= 0.3 is 16.3 Å². The lowest BCUT2D eigenvalue weighted by Gasteiger charge is -2.12. The summed E-state index contributed by atoms with van der Waals surface area (Å²) in [5.74, 6) is -3.07. The molecule has 2 N–H and O–H groups in total. The van der Waals surface area contributed by atoms with Gasteiger partial charge < -0.3 is 9.92 Å². The number of primary amides is 1. The Labute approximate surface area is 133 Å². The van der Waals surface area contributed by atoms with Crippen LogP contribution < -0.4 is 9.92 Å². The molecule has 0 saturated carbocycles. The monoisotopic (exact) mass is 363 g/mol. The first kappa shape index (κ1) is 17.7. The van der Waals surface area contributed by atoms with Crippen LogP contribution in [0.4, 0.5) is 17.6 Å². The maximum Gasteiger partial charge on any atom is 0.419 e. The molecule has 2 aromatic rings. The quantitative estimate of drug-likeness (QED) is 0.668. The molecule has 0 aliphatic rings. The van der Waals surface area contributed by atoms with Crippen molar-refractivity contribution < 1.29 is 35.0 Å². The molecule has 128 valence electrons. The summed E-state index contributed by atoms with van der Waals surface area (Å²) in [4.78, 5) is 10.3. The number of para-hydroxylation sites is 1. The van der Waals surface area contributed by atoms with E-state index >= 15 is 0 Å². The Balaban J connectivity index is 2.48. The lowest BCUT2D eigenvalue weighted by atomic mass is 10.2. The first-order valence-corrected chi connectivity index (χ1v) is 7.63. The number of rotatable bonds is 4. The highest BCUT2D eigenvalue weighted by Gasteiger charge is 2.35. The number of hydrogen-bond donors (Lipinski definition) is 1. The summed E-state index contributed by atoms with van der Waals surface area (Å²) in [5.41, 5.74) is 3.03. The highest BCUT2D eigenvalue weighted by atomic mass is 32.2. The molecule has 24 heavy (non-hydrogen) atoms. The standard InChI is InChI=1S/C14H9F4NO4S/c15-11-6-5-8(7-10(11)14(16,17)18)24(21,22)23-12-4-2-1-3-9(12)13(19)20/h1-7H,(H2,19,20). The molecule has 0 spiro atoms. The van der Waals surface area contributed by atoms with Crippen molar-refractivity contribution >= 4 is 16.0 Å². The Hall–Kier alpha value is -2.62. The first-order chi connectivity index (χ1) is 11.0. The van der Waals surface area contributed by atoms with E-state index in [4.69, 9.17) is 5.73 Å². The average molecular weight is 363 g/mol. The Kier molecular flexibility index (Phi) is 4.52. The number of alkyl halides is 3. The maximum atomic E-state index is 13.2. The fourth-order valence-corrected chi connectivity index (χ4v) is 2.76. The van der Waals surface area contributed by atoms with Crippen LogP contribution in [0.2, 0.25) is 0 Å². The topological polar surface area (TPSA) is 86.5 Å². The van der Waals surface area contributed by atoms with Crippen molar-refractivity contribution in [2.45, 2.75) is 11.1 Å². The van der Waals surface area contributed by atoms with Crippen molar-refractivity contribution in [1.29, 1.82) is 0 Å². The van der Waals surface area contributed by atoms with Gasteiger partial charge in [0.1, 0.15) is 10.7 Å². The molecule has 0 atom stereocenters. The van der Waals surface area contributed by atoms with Crippen molar-refractivity contribution in [2.75, 3.05) is 0 Å². The second-order valence-corrected chi connectivity index (χ2v) is 6.08. The number of carbonyl (C=O) groups is 1. The average Bonchev–Trinajstić information content (AvgIpc) is 2.46. The van der Waals surface area contributed by atoms with E-state index in [0.29, 0.717) is 12.1 Å². The van der Waals surface area contributed by atoms with Crippen molar-refractivity contribution in [1.82, 2.24) is 0 Å². The van der Waals surface area contributed by atoms with Gasteiger partial charge in [0.05, 0.1) is 11.1 Å². The molecule has 10 heteroatoms. The number of amides is 1. The smallest absolute Gasteiger partial charge is 0.378 e. The molecule has 2 aromatic carbocycles. The Morgan fingerprint density at radius 2 is 1.71 bits per heavy atom. The van der Waals surface area contributed by atoms with Crippen LogP contribution in [0.1, 0.15) is 15.9 Å². The Morgan fingerprint density at radius 3 is 2.29 bits per heavy atom. The van der Waals surface area contributed by atoms with Gasteiger partial charge in [0, 0.05) is 0 Å². The lowest BCUT2D eigenvalue weighted by molar-refractivity contribution is -0.140. The van der Waals surface area contributed by atoms with E-state index in [2.05, 4.69) is 4.18 Å². The van der Waals surface area contributed by atoms with Crippen LogP contribution >= 0.6 is 0 Å². The first-order valence-electron chi connectivity index (χ1n) is 6.22. The predicted molar refractivity (Wildman–Crippen MR) is 74.2 cm³/mol. The van der Waals surface area contributed by atoms with Crippen LogP contribution in [0.5, 0.6) is 5.75 Å². The van der Waals surface area contributed by atoms with E-state index < -0.39 is 44.2 Å². The van der Waals surface area contributed by atoms with Crippen molar-refractivity contribution in [3.63, 3.8) is 0 Å². The summed E-state index contributed by atoms with van der Waals surface area (Å²) in [7, 11) is -4.74. The zero-order valence-electron chi connectivity index (χ0n) is 11.7. The normalized spacial score (nSPS) is 12.0. The minimum atomic E-state index is -5.08. The molecule has 0 aliphatic carbocycles. The summed E-state index contributed by atoms with van der Waals surface area (Å²) < 4.78 is 80.1. The fourth-order valence-electron chi connectivity index (χ4n) is 1.79. The molecular weight excluding hydrogens is 354 g/mol. The maximum absolute atomic E-state index is 13.2. The third-order valence-electron chi connectivity index (χ3n) is 2.88. The summed E-state index contributed by atoms with van der Waals surface area (Å²) in [6.07, 6.45) is -5.08. The van der Waals surface area contributed by atoms with Gasteiger partial charge in [0.2, 0.25) is 0 Å². The Morgan fingerprint density at radius 1 is 1.08 bits per heavy atom. The number of nitrogens with two attached hydrogens (primary N) is 1. The van der Waals surface area contributed by atoms with E-state index in [1.165, 1.54) is 18.2 Å².